The first-order valence-electron chi connectivity index (χ1n) is 7.01. The number of rotatable bonds is 5. The first-order chi connectivity index (χ1) is 9.15. The molecular weight excluding hydrogens is 234 g/mol. The second kappa shape index (κ2) is 6.07. The lowest BCUT2D eigenvalue weighted by atomic mass is 10.1. The molecule has 0 amide bonds. The molecule has 0 unspecified atom stereocenters. The van der Waals surface area contributed by atoms with Crippen LogP contribution in [0.25, 0.3) is 0 Å². The van der Waals surface area contributed by atoms with E-state index in [2.05, 4.69) is 55.7 Å². The van der Waals surface area contributed by atoms with E-state index in [0.29, 0.717) is 6.04 Å². The highest BCUT2D eigenvalue weighted by Crippen LogP contribution is 2.22. The van der Waals surface area contributed by atoms with E-state index >= 15 is 0 Å². The van der Waals surface area contributed by atoms with Crippen LogP contribution in [0.15, 0.2) is 36.4 Å². The summed E-state index contributed by atoms with van der Waals surface area (Å²) < 4.78 is 2.28. The number of aromatic nitrogens is 1. The summed E-state index contributed by atoms with van der Waals surface area (Å²) in [5, 5.41) is 9.46. The minimum Gasteiger partial charge on any atom is -0.390 e. The molecule has 0 radical (unpaired) electrons. The van der Waals surface area contributed by atoms with E-state index in [-0.39, 0.29) is 6.61 Å². The molecule has 19 heavy (non-hydrogen) atoms. The number of hydrogen-bond acceptors (Lipinski definition) is 1. The van der Waals surface area contributed by atoms with E-state index < -0.39 is 0 Å². The second-order valence-corrected chi connectivity index (χ2v) is 5.26. The number of aliphatic hydroxyl groups excluding tert-OH is 1. The van der Waals surface area contributed by atoms with E-state index in [1.54, 1.807) is 0 Å². The first kappa shape index (κ1) is 13.9. The van der Waals surface area contributed by atoms with Gasteiger partial charge in [0.2, 0.25) is 0 Å². The van der Waals surface area contributed by atoms with Gasteiger partial charge in [-0.05, 0) is 38.0 Å². The van der Waals surface area contributed by atoms with E-state index in [1.165, 1.54) is 16.8 Å². The van der Waals surface area contributed by atoms with Gasteiger partial charge in [-0.2, -0.15) is 0 Å². The molecule has 0 saturated carbocycles. The maximum Gasteiger partial charge on any atom is 0.0833 e. The van der Waals surface area contributed by atoms with Crippen LogP contribution in [0.4, 0.5) is 0 Å². The molecule has 2 nitrogen and oxygen atoms in total. The smallest absolute Gasteiger partial charge is 0.0833 e. The normalized spacial score (nSPS) is 12.6. The highest BCUT2D eigenvalue weighted by Gasteiger charge is 2.12. The van der Waals surface area contributed by atoms with Gasteiger partial charge >= 0.3 is 0 Å². The molecule has 0 fully saturated rings. The van der Waals surface area contributed by atoms with E-state index in [1.807, 2.05) is 6.07 Å². The Morgan fingerprint density at radius 2 is 1.68 bits per heavy atom. The molecule has 0 aliphatic carbocycles. The lowest BCUT2D eigenvalue weighted by Crippen LogP contribution is -2.11. The standard InChI is InChI=1S/C17H23NO/c1-4-14(3)18-16(9-10-17(18)12-19)11-15-7-5-13(2)6-8-15/h5-10,14,19H,4,11-12H2,1-3H3/t14-/m0/s1. The number of benzene rings is 1. The van der Waals surface area contributed by atoms with Crippen LogP contribution in [0, 0.1) is 6.92 Å². The van der Waals surface area contributed by atoms with Gasteiger partial charge in [0, 0.05) is 23.9 Å². The minimum atomic E-state index is 0.109. The molecule has 0 saturated heterocycles. The van der Waals surface area contributed by atoms with Crippen LogP contribution in [-0.2, 0) is 13.0 Å². The maximum absolute atomic E-state index is 9.46. The molecule has 0 spiro atoms. The Morgan fingerprint density at radius 3 is 2.26 bits per heavy atom. The lowest BCUT2D eigenvalue weighted by Gasteiger charge is -2.19. The lowest BCUT2D eigenvalue weighted by molar-refractivity contribution is 0.265. The molecule has 1 heterocycles. The molecule has 1 atom stereocenters. The quantitative estimate of drug-likeness (QED) is 0.864. The fraction of sp³-hybridized carbons (Fsp3) is 0.412. The second-order valence-electron chi connectivity index (χ2n) is 5.26. The summed E-state index contributed by atoms with van der Waals surface area (Å²) in [7, 11) is 0. The van der Waals surface area contributed by atoms with Crippen LogP contribution < -0.4 is 0 Å². The SMILES string of the molecule is CC[C@H](C)n1c(CO)ccc1Cc1ccc(C)cc1. The van der Waals surface area contributed by atoms with Crippen LogP contribution in [0.2, 0.25) is 0 Å². The van der Waals surface area contributed by atoms with Gasteiger partial charge in [-0.15, -0.1) is 0 Å². The van der Waals surface area contributed by atoms with E-state index in [9.17, 15) is 5.11 Å². The molecule has 0 bridgehead atoms. The summed E-state index contributed by atoms with van der Waals surface area (Å²) in [6, 6.07) is 13.3. The van der Waals surface area contributed by atoms with Crippen LogP contribution in [0.5, 0.6) is 0 Å². The number of aryl methyl sites for hydroxylation is 1. The fourth-order valence-electron chi connectivity index (χ4n) is 2.47. The topological polar surface area (TPSA) is 25.2 Å². The van der Waals surface area contributed by atoms with Gasteiger partial charge in [0.25, 0.3) is 0 Å². The summed E-state index contributed by atoms with van der Waals surface area (Å²) in [5.41, 5.74) is 4.90. The van der Waals surface area contributed by atoms with Gasteiger partial charge in [0.05, 0.1) is 6.61 Å². The van der Waals surface area contributed by atoms with Crippen molar-refractivity contribution in [3.8, 4) is 0 Å². The van der Waals surface area contributed by atoms with Gasteiger partial charge in [-0.1, -0.05) is 36.8 Å². The monoisotopic (exact) mass is 257 g/mol. The molecule has 1 aromatic heterocycles. The molecule has 1 aromatic carbocycles. The summed E-state index contributed by atoms with van der Waals surface area (Å²) in [4.78, 5) is 0. The highest BCUT2D eigenvalue weighted by molar-refractivity contribution is 5.28. The Labute approximate surface area is 115 Å². The molecule has 102 valence electrons. The van der Waals surface area contributed by atoms with Crippen molar-refractivity contribution in [3.63, 3.8) is 0 Å². The summed E-state index contributed by atoms with van der Waals surface area (Å²) in [6.45, 7) is 6.60. The Hall–Kier alpha value is -1.54. The molecule has 2 aromatic rings. The third-order valence-electron chi connectivity index (χ3n) is 3.79. The zero-order valence-corrected chi connectivity index (χ0v) is 12.1. The summed E-state index contributed by atoms with van der Waals surface area (Å²) >= 11 is 0. The summed E-state index contributed by atoms with van der Waals surface area (Å²) in [6.07, 6.45) is 1.99. The third kappa shape index (κ3) is 3.07. The zero-order valence-electron chi connectivity index (χ0n) is 12.1. The van der Waals surface area contributed by atoms with Crippen molar-refractivity contribution in [2.24, 2.45) is 0 Å². The van der Waals surface area contributed by atoms with Crippen molar-refractivity contribution >= 4 is 0 Å². The average molecular weight is 257 g/mol. The summed E-state index contributed by atoms with van der Waals surface area (Å²) in [5.74, 6) is 0. The largest absolute Gasteiger partial charge is 0.390 e. The van der Waals surface area contributed by atoms with Gasteiger partial charge in [0.15, 0.2) is 0 Å². The molecule has 0 aliphatic rings. The van der Waals surface area contributed by atoms with Crippen molar-refractivity contribution < 1.29 is 5.11 Å². The van der Waals surface area contributed by atoms with Gasteiger partial charge in [-0.3, -0.25) is 0 Å². The van der Waals surface area contributed by atoms with E-state index in [0.717, 1.165) is 18.5 Å². The molecular formula is C17H23NO. The Balaban J connectivity index is 2.29. The molecule has 2 rings (SSSR count). The maximum atomic E-state index is 9.46. The Morgan fingerprint density at radius 1 is 1.05 bits per heavy atom. The minimum absolute atomic E-state index is 0.109. The predicted molar refractivity (Wildman–Crippen MR) is 79.3 cm³/mol. The average Bonchev–Trinajstić information content (AvgIpc) is 2.83. The Bertz CT molecular complexity index is 525. The van der Waals surface area contributed by atoms with Crippen LogP contribution in [0.1, 0.15) is 48.8 Å². The van der Waals surface area contributed by atoms with Gasteiger partial charge in [-0.25, -0.2) is 0 Å². The number of hydrogen-bond donors (Lipinski definition) is 1. The predicted octanol–water partition coefficient (Wildman–Crippen LogP) is 3.85. The zero-order chi connectivity index (χ0) is 13.8. The van der Waals surface area contributed by atoms with Crippen molar-refractivity contribution in [2.75, 3.05) is 0 Å². The van der Waals surface area contributed by atoms with Crippen LogP contribution >= 0.6 is 0 Å². The fourth-order valence-corrected chi connectivity index (χ4v) is 2.47. The third-order valence-corrected chi connectivity index (χ3v) is 3.79. The first-order valence-corrected chi connectivity index (χ1v) is 7.01. The van der Waals surface area contributed by atoms with Crippen molar-refractivity contribution in [1.29, 1.82) is 0 Å². The van der Waals surface area contributed by atoms with Crippen molar-refractivity contribution in [1.82, 2.24) is 4.57 Å². The van der Waals surface area contributed by atoms with Crippen LogP contribution in [-0.4, -0.2) is 9.67 Å². The Kier molecular flexibility index (Phi) is 4.43. The van der Waals surface area contributed by atoms with Crippen molar-refractivity contribution in [3.05, 3.63) is 58.9 Å². The molecule has 2 heteroatoms. The highest BCUT2D eigenvalue weighted by atomic mass is 16.3. The number of nitrogens with zero attached hydrogens (tertiary/aromatic N) is 1. The van der Waals surface area contributed by atoms with E-state index in [4.69, 9.17) is 0 Å². The van der Waals surface area contributed by atoms with Gasteiger partial charge in [0.1, 0.15) is 0 Å². The molecule has 0 aliphatic heterocycles. The van der Waals surface area contributed by atoms with Crippen LogP contribution in [0.3, 0.4) is 0 Å². The van der Waals surface area contributed by atoms with Crippen molar-refractivity contribution in [2.45, 2.75) is 46.3 Å². The number of aliphatic hydroxyl groups is 1. The van der Waals surface area contributed by atoms with Gasteiger partial charge < -0.3 is 9.67 Å². The molecule has 1 N–H and O–H groups in total.